The number of rotatable bonds is 6. The van der Waals surface area contributed by atoms with Crippen LogP contribution in [0.15, 0.2) is 24.3 Å². The van der Waals surface area contributed by atoms with Gasteiger partial charge in [0.05, 0.1) is 17.9 Å². The van der Waals surface area contributed by atoms with E-state index in [0.29, 0.717) is 12.3 Å². The summed E-state index contributed by atoms with van der Waals surface area (Å²) >= 11 is 0. The number of nitrogens with zero attached hydrogens (tertiary/aromatic N) is 3. The number of fused-ring (bicyclic) bond motifs is 1. The van der Waals surface area contributed by atoms with Crippen LogP contribution in [-0.2, 0) is 17.6 Å². The van der Waals surface area contributed by atoms with Crippen molar-refractivity contribution in [2.75, 3.05) is 6.61 Å². The standard InChI is InChI=1S/C23H29N3O2/c1-7-16-11-10-12-17(8-2)21(16)20-15(6)25-26-19(14(4)5)13-18(24-22(20)26)23(27)28-9-3/h10-14H,7-9H2,1-6H3. The van der Waals surface area contributed by atoms with E-state index in [4.69, 9.17) is 14.8 Å². The largest absolute Gasteiger partial charge is 0.461 e. The molecule has 5 nitrogen and oxygen atoms in total. The van der Waals surface area contributed by atoms with Gasteiger partial charge >= 0.3 is 5.97 Å². The number of benzene rings is 1. The van der Waals surface area contributed by atoms with Crippen molar-refractivity contribution in [1.29, 1.82) is 0 Å². The molecule has 0 aliphatic rings. The fourth-order valence-electron chi connectivity index (χ4n) is 3.72. The Morgan fingerprint density at radius 2 is 1.75 bits per heavy atom. The molecule has 3 rings (SSSR count). The molecule has 0 saturated heterocycles. The summed E-state index contributed by atoms with van der Waals surface area (Å²) in [7, 11) is 0. The first kappa shape index (κ1) is 20.1. The van der Waals surface area contributed by atoms with Gasteiger partial charge in [-0.2, -0.15) is 5.10 Å². The average Bonchev–Trinajstić information content (AvgIpc) is 3.01. The Labute approximate surface area is 166 Å². The van der Waals surface area contributed by atoms with Crippen LogP contribution < -0.4 is 0 Å². The van der Waals surface area contributed by atoms with Crippen LogP contribution in [0.4, 0.5) is 0 Å². The zero-order valence-corrected chi connectivity index (χ0v) is 17.7. The monoisotopic (exact) mass is 379 g/mol. The van der Waals surface area contributed by atoms with Crippen molar-refractivity contribution in [3.8, 4) is 11.1 Å². The summed E-state index contributed by atoms with van der Waals surface area (Å²) in [5.74, 6) is -0.200. The molecule has 2 heterocycles. The van der Waals surface area contributed by atoms with E-state index in [2.05, 4.69) is 45.9 Å². The summed E-state index contributed by atoms with van der Waals surface area (Å²) in [6, 6.07) is 8.24. The van der Waals surface area contributed by atoms with E-state index >= 15 is 0 Å². The van der Waals surface area contributed by atoms with E-state index in [0.717, 1.165) is 35.4 Å². The molecule has 0 aliphatic carbocycles. The predicted molar refractivity (Wildman–Crippen MR) is 112 cm³/mol. The summed E-state index contributed by atoms with van der Waals surface area (Å²) in [6.45, 7) is 12.7. The van der Waals surface area contributed by atoms with Crippen molar-refractivity contribution in [1.82, 2.24) is 14.6 Å². The minimum Gasteiger partial charge on any atom is -0.461 e. The molecule has 28 heavy (non-hydrogen) atoms. The van der Waals surface area contributed by atoms with Crippen molar-refractivity contribution in [3.63, 3.8) is 0 Å². The highest BCUT2D eigenvalue weighted by atomic mass is 16.5. The van der Waals surface area contributed by atoms with E-state index in [1.807, 2.05) is 11.4 Å². The highest BCUT2D eigenvalue weighted by molar-refractivity contribution is 5.90. The Hall–Kier alpha value is -2.69. The first-order valence-electron chi connectivity index (χ1n) is 10.1. The maximum atomic E-state index is 12.4. The second-order valence-electron chi connectivity index (χ2n) is 7.30. The third kappa shape index (κ3) is 3.41. The van der Waals surface area contributed by atoms with Crippen LogP contribution in [0.2, 0.25) is 0 Å². The number of hydrogen-bond donors (Lipinski definition) is 0. The van der Waals surface area contributed by atoms with Gasteiger partial charge in [-0.25, -0.2) is 14.3 Å². The maximum absolute atomic E-state index is 12.4. The van der Waals surface area contributed by atoms with Crippen LogP contribution in [0.3, 0.4) is 0 Å². The summed E-state index contributed by atoms with van der Waals surface area (Å²) in [5, 5.41) is 4.81. The molecule has 0 N–H and O–H groups in total. The van der Waals surface area contributed by atoms with Gasteiger partial charge in [-0.1, -0.05) is 45.9 Å². The molecule has 148 valence electrons. The van der Waals surface area contributed by atoms with Gasteiger partial charge < -0.3 is 4.74 Å². The maximum Gasteiger partial charge on any atom is 0.357 e. The fourth-order valence-corrected chi connectivity index (χ4v) is 3.72. The Balaban J connectivity index is 2.40. The van der Waals surface area contributed by atoms with Gasteiger partial charge in [0.1, 0.15) is 0 Å². The normalized spacial score (nSPS) is 11.4. The zero-order chi connectivity index (χ0) is 20.4. The molecule has 0 atom stereocenters. The highest BCUT2D eigenvalue weighted by Crippen LogP contribution is 2.35. The van der Waals surface area contributed by atoms with Crippen molar-refractivity contribution in [2.24, 2.45) is 0 Å². The van der Waals surface area contributed by atoms with Gasteiger partial charge in [0, 0.05) is 5.69 Å². The van der Waals surface area contributed by atoms with Gasteiger partial charge in [0.2, 0.25) is 0 Å². The molecule has 2 aromatic heterocycles. The number of aromatic nitrogens is 3. The molecule has 5 heteroatoms. The lowest BCUT2D eigenvalue weighted by Gasteiger charge is -2.14. The van der Waals surface area contributed by atoms with Crippen molar-refractivity contribution in [3.05, 3.63) is 52.5 Å². The quantitative estimate of drug-likeness (QED) is 0.557. The molecule has 0 spiro atoms. The van der Waals surface area contributed by atoms with E-state index < -0.39 is 5.97 Å². The van der Waals surface area contributed by atoms with Gasteiger partial charge in [0.25, 0.3) is 0 Å². The lowest BCUT2D eigenvalue weighted by atomic mass is 9.92. The molecule has 0 fully saturated rings. The van der Waals surface area contributed by atoms with E-state index in [-0.39, 0.29) is 5.92 Å². The predicted octanol–water partition coefficient (Wildman–Crippen LogP) is 5.13. The van der Waals surface area contributed by atoms with Crippen LogP contribution >= 0.6 is 0 Å². The molecule has 1 aromatic carbocycles. The second-order valence-corrected chi connectivity index (χ2v) is 7.30. The smallest absolute Gasteiger partial charge is 0.357 e. The number of aryl methyl sites for hydroxylation is 3. The molecule has 3 aromatic rings. The van der Waals surface area contributed by atoms with Crippen molar-refractivity contribution < 1.29 is 9.53 Å². The Bertz CT molecular complexity index is 996. The Morgan fingerprint density at radius 3 is 2.29 bits per heavy atom. The first-order chi connectivity index (χ1) is 13.4. The van der Waals surface area contributed by atoms with Gasteiger partial charge in [-0.3, -0.25) is 0 Å². The number of esters is 1. The van der Waals surface area contributed by atoms with E-state index in [9.17, 15) is 4.79 Å². The third-order valence-corrected chi connectivity index (χ3v) is 5.12. The van der Waals surface area contributed by atoms with Crippen LogP contribution in [0.25, 0.3) is 16.8 Å². The zero-order valence-electron chi connectivity index (χ0n) is 17.7. The first-order valence-corrected chi connectivity index (χ1v) is 10.1. The lowest BCUT2D eigenvalue weighted by Crippen LogP contribution is -2.12. The molecule has 0 unspecified atom stereocenters. The average molecular weight is 380 g/mol. The fraction of sp³-hybridized carbons (Fsp3) is 0.435. The molecular formula is C23H29N3O2. The molecule has 0 amide bonds. The van der Waals surface area contributed by atoms with Crippen LogP contribution in [-0.4, -0.2) is 27.2 Å². The third-order valence-electron chi connectivity index (χ3n) is 5.12. The summed E-state index contributed by atoms with van der Waals surface area (Å²) in [6.07, 6.45) is 1.85. The minimum atomic E-state index is -0.392. The van der Waals surface area contributed by atoms with Crippen molar-refractivity contribution >= 4 is 11.6 Å². The highest BCUT2D eigenvalue weighted by Gasteiger charge is 2.23. The number of carbonyl (C=O) groups excluding carboxylic acids is 1. The molecule has 0 aliphatic heterocycles. The van der Waals surface area contributed by atoms with Crippen LogP contribution in [0.5, 0.6) is 0 Å². The summed E-state index contributed by atoms with van der Waals surface area (Å²) < 4.78 is 7.12. The molecule has 0 saturated carbocycles. The topological polar surface area (TPSA) is 56.5 Å². The Morgan fingerprint density at radius 1 is 1.11 bits per heavy atom. The van der Waals surface area contributed by atoms with Gasteiger partial charge in [-0.15, -0.1) is 0 Å². The number of hydrogen-bond acceptors (Lipinski definition) is 4. The minimum absolute atomic E-state index is 0.192. The molecule has 0 radical (unpaired) electrons. The number of carbonyl (C=O) groups is 1. The number of ether oxygens (including phenoxy) is 1. The second kappa shape index (κ2) is 8.13. The van der Waals surface area contributed by atoms with Gasteiger partial charge in [-0.05, 0) is 55.4 Å². The van der Waals surface area contributed by atoms with Crippen LogP contribution in [0, 0.1) is 6.92 Å². The van der Waals surface area contributed by atoms with Crippen LogP contribution in [0.1, 0.15) is 73.5 Å². The van der Waals surface area contributed by atoms with E-state index in [1.54, 1.807) is 13.0 Å². The SMILES string of the molecule is CCOC(=O)c1cc(C(C)C)n2nc(C)c(-c3c(CC)cccc3CC)c2n1. The lowest BCUT2D eigenvalue weighted by molar-refractivity contribution is 0.0519. The molecular weight excluding hydrogens is 350 g/mol. The van der Waals surface area contributed by atoms with Crippen molar-refractivity contribution in [2.45, 2.75) is 60.3 Å². The summed E-state index contributed by atoms with van der Waals surface area (Å²) in [4.78, 5) is 17.2. The Kier molecular flexibility index (Phi) is 5.82. The summed E-state index contributed by atoms with van der Waals surface area (Å²) in [5.41, 5.74) is 7.69. The van der Waals surface area contributed by atoms with Gasteiger partial charge in [0.15, 0.2) is 11.3 Å². The van der Waals surface area contributed by atoms with E-state index in [1.165, 1.54) is 16.7 Å². The molecule has 0 bridgehead atoms.